The van der Waals surface area contributed by atoms with Crippen LogP contribution in [0.15, 0.2) is 12.2 Å². The van der Waals surface area contributed by atoms with E-state index in [0.29, 0.717) is 17.8 Å². The Balaban J connectivity index is 1.42. The molecule has 29 heavy (non-hydrogen) atoms. The van der Waals surface area contributed by atoms with Gasteiger partial charge in [0.25, 0.3) is 0 Å². The minimum atomic E-state index is -0.169. The molecular weight excluding hydrogens is 366 g/mol. The molecule has 10 atom stereocenters. The van der Waals surface area contributed by atoms with E-state index in [2.05, 4.69) is 18.4 Å². The summed E-state index contributed by atoms with van der Waals surface area (Å²) in [6.45, 7) is 10.3. The van der Waals surface area contributed by atoms with Crippen molar-refractivity contribution in [2.24, 2.45) is 34.0 Å². The minimum Gasteiger partial charge on any atom is -0.457 e. The van der Waals surface area contributed by atoms with Crippen LogP contribution in [0.5, 0.6) is 0 Å². The molecule has 0 radical (unpaired) electrons. The van der Waals surface area contributed by atoms with Crippen LogP contribution < -0.4 is 0 Å². The summed E-state index contributed by atoms with van der Waals surface area (Å²) in [6, 6.07) is 0. The molecule has 0 aromatic heterocycles. The number of hydrogen-bond acceptors (Lipinski definition) is 5. The Bertz CT molecular complexity index is 813. The van der Waals surface area contributed by atoms with Crippen molar-refractivity contribution in [2.75, 3.05) is 13.2 Å². The lowest BCUT2D eigenvalue weighted by atomic mass is 9.32. The summed E-state index contributed by atoms with van der Waals surface area (Å²) in [5, 5.41) is 0. The second-order valence-corrected chi connectivity index (χ2v) is 11.4. The standard InChI is InChI=1S/C24H33NO4/c1-13-15-5-8-24(19(13)28-14(2)26)17(11-15)23-7-4-6-22(3)16(23)12-18(24)29-21(23)25-9-10-27-20(22)25/h15-21H,1,4-12H2,2-3H3/t15?,16-,17+,18?,19?,20-,21+,22+,23?,24?/m1/s1. The maximum Gasteiger partial charge on any atom is 0.303 e. The summed E-state index contributed by atoms with van der Waals surface area (Å²) < 4.78 is 19.5. The highest BCUT2D eigenvalue weighted by Gasteiger charge is 2.81. The summed E-state index contributed by atoms with van der Waals surface area (Å²) in [5.74, 6) is 1.57. The normalized spacial score (nSPS) is 59.4. The largest absolute Gasteiger partial charge is 0.457 e. The molecule has 7 bridgehead atoms. The summed E-state index contributed by atoms with van der Waals surface area (Å²) in [5.41, 5.74) is 1.51. The summed E-state index contributed by atoms with van der Waals surface area (Å²) in [7, 11) is 0. The highest BCUT2D eigenvalue weighted by atomic mass is 16.6. The van der Waals surface area contributed by atoms with Crippen molar-refractivity contribution >= 4 is 5.97 Å². The van der Waals surface area contributed by atoms with E-state index in [-0.39, 0.29) is 46.9 Å². The molecule has 0 N–H and O–H groups in total. The summed E-state index contributed by atoms with van der Waals surface area (Å²) in [6.07, 6.45) is 8.86. The Morgan fingerprint density at radius 2 is 2.03 bits per heavy atom. The third kappa shape index (κ3) is 1.74. The number of rotatable bonds is 1. The predicted molar refractivity (Wildman–Crippen MR) is 106 cm³/mol. The van der Waals surface area contributed by atoms with Gasteiger partial charge >= 0.3 is 5.97 Å². The number of carbonyl (C=O) groups is 1. The van der Waals surface area contributed by atoms with E-state index in [1.54, 1.807) is 6.92 Å². The number of hydrogen-bond donors (Lipinski definition) is 0. The molecule has 5 heteroatoms. The molecule has 4 aliphatic heterocycles. The predicted octanol–water partition coefficient (Wildman–Crippen LogP) is 3.48. The van der Waals surface area contributed by atoms with Gasteiger partial charge in [0, 0.05) is 29.7 Å². The average molecular weight is 400 g/mol. The zero-order valence-corrected chi connectivity index (χ0v) is 17.7. The molecule has 4 saturated heterocycles. The minimum absolute atomic E-state index is 0.0594. The molecule has 5 saturated carbocycles. The van der Waals surface area contributed by atoms with E-state index in [1.165, 1.54) is 37.7 Å². The van der Waals surface area contributed by atoms with Gasteiger partial charge in [0.15, 0.2) is 0 Å². The van der Waals surface area contributed by atoms with Gasteiger partial charge in [0.2, 0.25) is 0 Å². The zero-order valence-electron chi connectivity index (χ0n) is 17.7. The molecule has 0 amide bonds. The lowest BCUT2D eigenvalue weighted by molar-refractivity contribution is -0.422. The molecule has 9 fully saturated rings. The molecule has 9 aliphatic rings. The average Bonchev–Trinajstić information content (AvgIpc) is 3.19. The molecule has 4 heterocycles. The van der Waals surface area contributed by atoms with Gasteiger partial charge in [-0.25, -0.2) is 4.90 Å². The molecule has 0 aromatic carbocycles. The van der Waals surface area contributed by atoms with Crippen LogP contribution in [0.25, 0.3) is 0 Å². The Kier molecular flexibility index (Phi) is 3.23. The number of ether oxygens (including phenoxy) is 3. The van der Waals surface area contributed by atoms with Gasteiger partial charge in [-0.3, -0.25) is 4.79 Å². The van der Waals surface area contributed by atoms with E-state index in [9.17, 15) is 4.79 Å². The number of nitrogens with zero attached hydrogens (tertiary/aromatic N) is 1. The molecule has 2 spiro atoms. The van der Waals surface area contributed by atoms with Crippen molar-refractivity contribution in [3.05, 3.63) is 12.2 Å². The van der Waals surface area contributed by atoms with Crippen molar-refractivity contribution in [2.45, 2.75) is 83.5 Å². The fraction of sp³-hybridized carbons (Fsp3) is 0.875. The third-order valence-corrected chi connectivity index (χ3v) is 10.7. The van der Waals surface area contributed by atoms with Crippen LogP contribution in [0.3, 0.4) is 0 Å². The smallest absolute Gasteiger partial charge is 0.303 e. The van der Waals surface area contributed by atoms with Crippen molar-refractivity contribution < 1.29 is 19.0 Å². The maximum atomic E-state index is 12.1. The highest BCUT2D eigenvalue weighted by Crippen LogP contribution is 2.79. The van der Waals surface area contributed by atoms with E-state index in [1.807, 2.05) is 0 Å². The molecule has 5 unspecified atom stereocenters. The SMILES string of the molecule is C=C1C2CCC3(C4C[C@H]5C6(CCC[C@]5(C)[C@H]5OCCN5[C@H]6O4)[C@@H]3C2)C1OC(C)=O. The first-order chi connectivity index (χ1) is 13.9. The first kappa shape index (κ1) is 17.7. The number of carbonyl (C=O) groups excluding carboxylic acids is 1. The lowest BCUT2D eigenvalue weighted by Crippen LogP contribution is -2.83. The quantitative estimate of drug-likeness (QED) is 0.499. The highest BCUT2D eigenvalue weighted by molar-refractivity contribution is 5.67. The van der Waals surface area contributed by atoms with Crippen LogP contribution in [0.4, 0.5) is 0 Å². The van der Waals surface area contributed by atoms with Crippen LogP contribution in [-0.4, -0.2) is 48.7 Å². The Morgan fingerprint density at radius 1 is 1.17 bits per heavy atom. The van der Waals surface area contributed by atoms with Crippen LogP contribution >= 0.6 is 0 Å². The van der Waals surface area contributed by atoms with Crippen LogP contribution in [0.2, 0.25) is 0 Å². The summed E-state index contributed by atoms with van der Waals surface area (Å²) in [4.78, 5) is 14.7. The van der Waals surface area contributed by atoms with Crippen LogP contribution in [0.1, 0.15) is 58.8 Å². The van der Waals surface area contributed by atoms with Crippen LogP contribution in [0, 0.1) is 34.0 Å². The fourth-order valence-electron chi connectivity index (χ4n) is 10.0. The second kappa shape index (κ2) is 5.28. The van der Waals surface area contributed by atoms with E-state index in [4.69, 9.17) is 14.2 Å². The van der Waals surface area contributed by atoms with Crippen molar-refractivity contribution in [3.8, 4) is 0 Å². The molecule has 5 nitrogen and oxygen atoms in total. The molecular formula is C24H33NO4. The van der Waals surface area contributed by atoms with E-state index in [0.717, 1.165) is 26.0 Å². The van der Waals surface area contributed by atoms with Gasteiger partial charge in [0.05, 0.1) is 12.7 Å². The van der Waals surface area contributed by atoms with Crippen molar-refractivity contribution in [1.82, 2.24) is 4.90 Å². The Labute approximate surface area is 173 Å². The van der Waals surface area contributed by atoms with Gasteiger partial charge in [-0.05, 0) is 61.9 Å². The number of piperidine rings is 1. The van der Waals surface area contributed by atoms with Crippen LogP contribution in [-0.2, 0) is 19.0 Å². The fourth-order valence-corrected chi connectivity index (χ4v) is 10.0. The van der Waals surface area contributed by atoms with Gasteiger partial charge in [-0.15, -0.1) is 0 Å². The topological polar surface area (TPSA) is 48.0 Å². The molecule has 9 rings (SSSR count). The van der Waals surface area contributed by atoms with Gasteiger partial charge < -0.3 is 14.2 Å². The monoisotopic (exact) mass is 399 g/mol. The van der Waals surface area contributed by atoms with Crippen molar-refractivity contribution in [1.29, 1.82) is 0 Å². The van der Waals surface area contributed by atoms with Gasteiger partial charge in [-0.2, -0.15) is 0 Å². The molecule has 5 aliphatic carbocycles. The second-order valence-electron chi connectivity index (χ2n) is 11.4. The molecule has 158 valence electrons. The van der Waals surface area contributed by atoms with E-state index < -0.39 is 0 Å². The van der Waals surface area contributed by atoms with Gasteiger partial charge in [0.1, 0.15) is 18.6 Å². The molecule has 0 aromatic rings. The first-order valence-corrected chi connectivity index (χ1v) is 11.8. The Hall–Kier alpha value is -0.910. The van der Waals surface area contributed by atoms with Gasteiger partial charge in [-0.1, -0.05) is 19.9 Å². The number of fused-ring (bicyclic) bond motifs is 4. The first-order valence-electron chi connectivity index (χ1n) is 11.8. The Morgan fingerprint density at radius 3 is 2.86 bits per heavy atom. The maximum absolute atomic E-state index is 12.1. The van der Waals surface area contributed by atoms with Crippen molar-refractivity contribution in [3.63, 3.8) is 0 Å². The van der Waals surface area contributed by atoms with E-state index >= 15 is 0 Å². The zero-order chi connectivity index (χ0) is 19.8. The lowest BCUT2D eigenvalue weighted by Gasteiger charge is -2.80. The number of esters is 1. The summed E-state index contributed by atoms with van der Waals surface area (Å²) >= 11 is 0. The third-order valence-electron chi connectivity index (χ3n) is 10.7.